The van der Waals surface area contributed by atoms with Gasteiger partial charge in [0.25, 0.3) is 0 Å². The molecule has 25 heavy (non-hydrogen) atoms. The number of hydrogen-bond donors (Lipinski definition) is 4. The first-order valence-corrected chi connectivity index (χ1v) is 8.41. The maximum Gasteiger partial charge on any atom is 0.226 e. The summed E-state index contributed by atoms with van der Waals surface area (Å²) in [5.74, 6) is 1.58. The number of nitrogens with two attached hydrogens (primary N) is 2. The second-order valence-corrected chi connectivity index (χ2v) is 6.06. The highest BCUT2D eigenvalue weighted by molar-refractivity contribution is 5.88. The third kappa shape index (κ3) is 3.63. The van der Waals surface area contributed by atoms with E-state index in [2.05, 4.69) is 25.6 Å². The number of para-hydroxylation sites is 1. The van der Waals surface area contributed by atoms with Crippen molar-refractivity contribution in [3.63, 3.8) is 0 Å². The van der Waals surface area contributed by atoms with Gasteiger partial charge in [0.1, 0.15) is 0 Å². The van der Waals surface area contributed by atoms with Gasteiger partial charge >= 0.3 is 0 Å². The van der Waals surface area contributed by atoms with E-state index in [0.29, 0.717) is 42.0 Å². The first-order chi connectivity index (χ1) is 12.1. The zero-order valence-corrected chi connectivity index (χ0v) is 14.5. The van der Waals surface area contributed by atoms with Crippen LogP contribution in [0.1, 0.15) is 26.3 Å². The zero-order chi connectivity index (χ0) is 17.8. The fourth-order valence-corrected chi connectivity index (χ4v) is 2.63. The van der Waals surface area contributed by atoms with Crippen LogP contribution in [-0.2, 0) is 0 Å². The van der Waals surface area contributed by atoms with E-state index in [1.807, 2.05) is 48.7 Å². The molecule has 8 heteroatoms. The number of hydrogen-bond acceptors (Lipinski definition) is 7. The number of nitrogens with zero attached hydrogens (tertiary/aromatic N) is 4. The van der Waals surface area contributed by atoms with Crippen molar-refractivity contribution in [2.24, 2.45) is 5.73 Å². The second kappa shape index (κ2) is 7.35. The Labute approximate surface area is 146 Å². The van der Waals surface area contributed by atoms with E-state index in [1.54, 1.807) is 0 Å². The van der Waals surface area contributed by atoms with Gasteiger partial charge in [-0.25, -0.2) is 4.98 Å². The molecule has 2 aromatic heterocycles. The summed E-state index contributed by atoms with van der Waals surface area (Å²) in [6.07, 6.45) is 0.842. The molecule has 6 N–H and O–H groups in total. The second-order valence-electron chi connectivity index (χ2n) is 6.06. The highest BCUT2D eigenvalue weighted by Crippen LogP contribution is 2.28. The molecule has 0 amide bonds. The average Bonchev–Trinajstić information content (AvgIpc) is 2.92. The molecule has 0 radical (unpaired) electrons. The van der Waals surface area contributed by atoms with E-state index >= 15 is 0 Å². The third-order valence-electron chi connectivity index (χ3n) is 3.78. The smallest absolute Gasteiger partial charge is 0.226 e. The van der Waals surface area contributed by atoms with Gasteiger partial charge in [0.2, 0.25) is 11.9 Å². The Hall–Kier alpha value is -2.87. The fourth-order valence-electron chi connectivity index (χ4n) is 2.63. The van der Waals surface area contributed by atoms with E-state index in [-0.39, 0.29) is 6.04 Å². The molecule has 0 unspecified atom stereocenters. The highest BCUT2D eigenvalue weighted by atomic mass is 15.3. The van der Waals surface area contributed by atoms with E-state index in [9.17, 15) is 0 Å². The lowest BCUT2D eigenvalue weighted by atomic mass is 10.3. The molecule has 3 rings (SSSR count). The van der Waals surface area contributed by atoms with Crippen molar-refractivity contribution in [1.82, 2.24) is 19.5 Å². The third-order valence-corrected chi connectivity index (χ3v) is 3.78. The number of imidazole rings is 1. The lowest BCUT2D eigenvalue weighted by Crippen LogP contribution is -2.12. The molecule has 8 nitrogen and oxygen atoms in total. The molecule has 0 aliphatic rings. The van der Waals surface area contributed by atoms with E-state index < -0.39 is 0 Å². The molecule has 0 saturated carbocycles. The van der Waals surface area contributed by atoms with Crippen molar-refractivity contribution in [3.05, 3.63) is 30.3 Å². The predicted molar refractivity (Wildman–Crippen MR) is 102 cm³/mol. The van der Waals surface area contributed by atoms with Crippen LogP contribution in [0.25, 0.3) is 11.2 Å². The molecule has 2 heterocycles. The molecule has 0 fully saturated rings. The van der Waals surface area contributed by atoms with Gasteiger partial charge in [-0.3, -0.25) is 4.57 Å². The number of anilines is 4. The van der Waals surface area contributed by atoms with E-state index in [0.717, 1.165) is 12.1 Å². The molecule has 0 aliphatic heterocycles. The summed E-state index contributed by atoms with van der Waals surface area (Å²) in [4.78, 5) is 13.7. The first-order valence-electron chi connectivity index (χ1n) is 8.41. The molecular weight excluding hydrogens is 316 g/mol. The van der Waals surface area contributed by atoms with Gasteiger partial charge in [-0.2, -0.15) is 9.97 Å². The molecule has 0 bridgehead atoms. The van der Waals surface area contributed by atoms with Crippen LogP contribution in [0.3, 0.4) is 0 Å². The molecule has 3 aromatic rings. The Morgan fingerprint density at radius 1 is 1.12 bits per heavy atom. The Balaban J connectivity index is 2.07. The number of aromatic nitrogens is 4. The standard InChI is InChI=1S/C17H24N8/c1-11(2)25-15-13(22-16(25)19)14(21-12-7-4-3-5-8-12)23-17(24-15)20-10-6-9-18/h3-5,7-8,11H,6,9-10,18H2,1-2H3,(H2,19,22)(H2,20,21,23,24). The number of rotatable bonds is 7. The van der Waals surface area contributed by atoms with Crippen molar-refractivity contribution >= 4 is 34.6 Å². The van der Waals surface area contributed by atoms with Gasteiger partial charge in [-0.15, -0.1) is 0 Å². The average molecular weight is 340 g/mol. The highest BCUT2D eigenvalue weighted by Gasteiger charge is 2.18. The van der Waals surface area contributed by atoms with Gasteiger partial charge in [-0.05, 0) is 38.9 Å². The van der Waals surface area contributed by atoms with Crippen LogP contribution in [0.5, 0.6) is 0 Å². The monoisotopic (exact) mass is 340 g/mol. The molecular formula is C17H24N8. The van der Waals surface area contributed by atoms with Gasteiger partial charge in [-0.1, -0.05) is 18.2 Å². The van der Waals surface area contributed by atoms with Crippen LogP contribution >= 0.6 is 0 Å². The predicted octanol–water partition coefficient (Wildman–Crippen LogP) is 2.49. The van der Waals surface area contributed by atoms with Crippen LogP contribution in [0.15, 0.2) is 30.3 Å². The van der Waals surface area contributed by atoms with E-state index in [1.165, 1.54) is 0 Å². The van der Waals surface area contributed by atoms with E-state index in [4.69, 9.17) is 11.5 Å². The molecule has 1 aromatic carbocycles. The lowest BCUT2D eigenvalue weighted by Gasteiger charge is -2.12. The Morgan fingerprint density at radius 2 is 1.88 bits per heavy atom. The summed E-state index contributed by atoms with van der Waals surface area (Å²) < 4.78 is 1.90. The topological polar surface area (TPSA) is 120 Å². The summed E-state index contributed by atoms with van der Waals surface area (Å²) in [5.41, 5.74) is 13.9. The van der Waals surface area contributed by atoms with Crippen LogP contribution in [-0.4, -0.2) is 32.6 Å². The fraction of sp³-hybridized carbons (Fsp3) is 0.353. The number of benzene rings is 1. The number of nitrogen functional groups attached to an aromatic ring is 1. The largest absolute Gasteiger partial charge is 0.369 e. The number of nitrogens with one attached hydrogen (secondary N) is 2. The first kappa shape index (κ1) is 17.0. The van der Waals surface area contributed by atoms with Crippen LogP contribution in [0.4, 0.5) is 23.4 Å². The van der Waals surface area contributed by atoms with Crippen molar-refractivity contribution in [2.45, 2.75) is 26.3 Å². The Kier molecular flexibility index (Phi) is 4.99. The molecule has 0 spiro atoms. The Bertz CT molecular complexity index is 841. The normalized spacial score (nSPS) is 11.2. The summed E-state index contributed by atoms with van der Waals surface area (Å²) in [5, 5.41) is 6.53. The minimum Gasteiger partial charge on any atom is -0.369 e. The molecule has 0 atom stereocenters. The van der Waals surface area contributed by atoms with Crippen LogP contribution < -0.4 is 22.1 Å². The van der Waals surface area contributed by atoms with Crippen molar-refractivity contribution < 1.29 is 0 Å². The summed E-state index contributed by atoms with van der Waals surface area (Å²) >= 11 is 0. The maximum atomic E-state index is 6.11. The minimum atomic E-state index is 0.140. The lowest BCUT2D eigenvalue weighted by molar-refractivity contribution is 0.622. The van der Waals surface area contributed by atoms with Crippen molar-refractivity contribution in [1.29, 1.82) is 0 Å². The number of fused-ring (bicyclic) bond motifs is 1. The quantitative estimate of drug-likeness (QED) is 0.488. The SMILES string of the molecule is CC(C)n1c(N)nc2c(Nc3ccccc3)nc(NCCCN)nc21. The van der Waals surface area contributed by atoms with Crippen LogP contribution in [0.2, 0.25) is 0 Å². The molecule has 132 valence electrons. The zero-order valence-electron chi connectivity index (χ0n) is 14.5. The van der Waals surface area contributed by atoms with Gasteiger partial charge in [0.15, 0.2) is 17.0 Å². The Morgan fingerprint density at radius 3 is 2.56 bits per heavy atom. The van der Waals surface area contributed by atoms with Crippen molar-refractivity contribution in [2.75, 3.05) is 29.5 Å². The van der Waals surface area contributed by atoms with Gasteiger partial charge < -0.3 is 22.1 Å². The minimum absolute atomic E-state index is 0.140. The summed E-state index contributed by atoms with van der Waals surface area (Å²) in [6, 6.07) is 9.97. The summed E-state index contributed by atoms with van der Waals surface area (Å²) in [6.45, 7) is 5.41. The molecule has 0 aliphatic carbocycles. The van der Waals surface area contributed by atoms with Gasteiger partial charge in [0, 0.05) is 18.3 Å². The molecule has 0 saturated heterocycles. The van der Waals surface area contributed by atoms with Crippen molar-refractivity contribution in [3.8, 4) is 0 Å². The van der Waals surface area contributed by atoms with Gasteiger partial charge in [0.05, 0.1) is 0 Å². The maximum absolute atomic E-state index is 6.11. The summed E-state index contributed by atoms with van der Waals surface area (Å²) in [7, 11) is 0. The van der Waals surface area contributed by atoms with Crippen LogP contribution in [0, 0.1) is 0 Å².